The first-order valence-corrected chi connectivity index (χ1v) is 8.53. The number of hydrogen-bond acceptors (Lipinski definition) is 5. The zero-order valence-corrected chi connectivity index (χ0v) is 15.9. The molecular weight excluding hydrogens is 417 g/mol. The number of nitro benzene ring substituents is 1. The third-order valence-corrected chi connectivity index (χ3v) is 4.28. The lowest BCUT2D eigenvalue weighted by molar-refractivity contribution is -0.384. The van der Waals surface area contributed by atoms with E-state index >= 15 is 0 Å². The van der Waals surface area contributed by atoms with Crippen LogP contribution in [0, 0.1) is 17.0 Å². The molecule has 11 heteroatoms. The number of benzene rings is 1. The molecule has 2 heterocycles. The standard InChI is InChI=1S/C16H10Cl3N5O3/c1-8-4-14(23(22-8)15-13(19)5-9(17)7-20-15)21-16(25)11-6-10(24(26)27)2-3-12(11)18/h2-7H,1H3,(H,21,25). The summed E-state index contributed by atoms with van der Waals surface area (Å²) in [6.07, 6.45) is 1.39. The van der Waals surface area contributed by atoms with Gasteiger partial charge in [0.05, 0.1) is 31.2 Å². The van der Waals surface area contributed by atoms with E-state index in [-0.39, 0.29) is 32.9 Å². The molecule has 138 valence electrons. The van der Waals surface area contributed by atoms with Gasteiger partial charge in [-0.2, -0.15) is 9.78 Å². The Labute approximate surface area is 167 Å². The van der Waals surface area contributed by atoms with Crippen LogP contribution >= 0.6 is 34.8 Å². The molecule has 2 aromatic heterocycles. The molecule has 8 nitrogen and oxygen atoms in total. The minimum atomic E-state index is -0.644. The molecule has 0 spiro atoms. The first-order chi connectivity index (χ1) is 12.8. The number of carbonyl (C=O) groups is 1. The molecule has 0 aliphatic heterocycles. The van der Waals surface area contributed by atoms with E-state index in [1.165, 1.54) is 29.1 Å². The summed E-state index contributed by atoms with van der Waals surface area (Å²) in [6.45, 7) is 1.72. The molecule has 0 unspecified atom stereocenters. The first kappa shape index (κ1) is 19.1. The third kappa shape index (κ3) is 4.02. The minimum absolute atomic E-state index is 0.0496. The van der Waals surface area contributed by atoms with Crippen LogP contribution in [0.2, 0.25) is 15.1 Å². The zero-order valence-electron chi connectivity index (χ0n) is 13.6. The van der Waals surface area contributed by atoms with Crippen molar-refractivity contribution in [2.45, 2.75) is 6.92 Å². The molecule has 0 radical (unpaired) electrons. The van der Waals surface area contributed by atoms with Crippen LogP contribution < -0.4 is 5.32 Å². The van der Waals surface area contributed by atoms with Gasteiger partial charge in [-0.1, -0.05) is 34.8 Å². The van der Waals surface area contributed by atoms with Crippen LogP contribution in [-0.4, -0.2) is 25.6 Å². The summed E-state index contributed by atoms with van der Waals surface area (Å²) in [5, 5.41) is 18.5. The average molecular weight is 427 g/mol. The number of aryl methyl sites for hydroxylation is 1. The largest absolute Gasteiger partial charge is 0.306 e. The van der Waals surface area contributed by atoms with E-state index in [1.807, 2.05) is 0 Å². The maximum Gasteiger partial charge on any atom is 0.270 e. The number of nitrogens with zero attached hydrogens (tertiary/aromatic N) is 4. The molecule has 0 saturated heterocycles. The van der Waals surface area contributed by atoms with Gasteiger partial charge < -0.3 is 5.32 Å². The van der Waals surface area contributed by atoms with Gasteiger partial charge in [0, 0.05) is 24.4 Å². The van der Waals surface area contributed by atoms with Gasteiger partial charge in [0.2, 0.25) is 0 Å². The van der Waals surface area contributed by atoms with Crippen molar-refractivity contribution >= 4 is 52.2 Å². The van der Waals surface area contributed by atoms with Crippen LogP contribution in [-0.2, 0) is 0 Å². The van der Waals surface area contributed by atoms with Gasteiger partial charge >= 0.3 is 0 Å². The number of nitrogens with one attached hydrogen (secondary N) is 1. The lowest BCUT2D eigenvalue weighted by Crippen LogP contribution is -2.16. The van der Waals surface area contributed by atoms with Crippen LogP contribution in [0.3, 0.4) is 0 Å². The van der Waals surface area contributed by atoms with Crippen molar-refractivity contribution in [1.82, 2.24) is 14.8 Å². The number of hydrogen-bond donors (Lipinski definition) is 1. The molecule has 1 aromatic carbocycles. The van der Waals surface area contributed by atoms with Gasteiger partial charge in [0.15, 0.2) is 5.82 Å². The van der Waals surface area contributed by atoms with E-state index in [9.17, 15) is 14.9 Å². The Morgan fingerprint density at radius 3 is 2.59 bits per heavy atom. The molecule has 0 bridgehead atoms. The lowest BCUT2D eigenvalue weighted by atomic mass is 10.2. The number of non-ortho nitro benzene ring substituents is 1. The Kier molecular flexibility index (Phi) is 5.31. The van der Waals surface area contributed by atoms with Gasteiger partial charge in [-0.25, -0.2) is 4.98 Å². The molecule has 1 N–H and O–H groups in total. The average Bonchev–Trinajstić information content (AvgIpc) is 2.95. The van der Waals surface area contributed by atoms with Gasteiger partial charge in [-0.3, -0.25) is 14.9 Å². The molecule has 3 aromatic rings. The first-order valence-electron chi connectivity index (χ1n) is 7.39. The Balaban J connectivity index is 1.99. The number of pyridine rings is 1. The van der Waals surface area contributed by atoms with E-state index in [2.05, 4.69) is 15.4 Å². The molecule has 0 aliphatic rings. The predicted octanol–water partition coefficient (Wildman–Crippen LogP) is 4.70. The third-order valence-electron chi connectivity index (χ3n) is 3.47. The van der Waals surface area contributed by atoms with Crippen molar-refractivity contribution < 1.29 is 9.72 Å². The highest BCUT2D eigenvalue weighted by Crippen LogP contribution is 2.27. The SMILES string of the molecule is Cc1cc(NC(=O)c2cc([N+](=O)[O-])ccc2Cl)n(-c2ncc(Cl)cc2Cl)n1. The number of amides is 1. The second kappa shape index (κ2) is 7.51. The number of carbonyl (C=O) groups excluding carboxylic acids is 1. The summed E-state index contributed by atoms with van der Waals surface area (Å²) in [6, 6.07) is 6.68. The molecule has 0 saturated carbocycles. The van der Waals surface area contributed by atoms with Crippen molar-refractivity contribution in [3.8, 4) is 5.82 Å². The van der Waals surface area contributed by atoms with Gasteiger partial charge in [0.1, 0.15) is 5.82 Å². The second-order valence-corrected chi connectivity index (χ2v) is 6.67. The molecule has 1 amide bonds. The highest BCUT2D eigenvalue weighted by Gasteiger charge is 2.19. The van der Waals surface area contributed by atoms with E-state index in [0.29, 0.717) is 10.7 Å². The fraction of sp³-hybridized carbons (Fsp3) is 0.0625. The summed E-state index contributed by atoms with van der Waals surface area (Å²) in [5.41, 5.74) is 0.284. The van der Waals surface area contributed by atoms with E-state index in [0.717, 1.165) is 6.07 Å². The van der Waals surface area contributed by atoms with Crippen molar-refractivity contribution in [3.63, 3.8) is 0 Å². The van der Waals surface area contributed by atoms with Crippen LogP contribution in [0.25, 0.3) is 5.82 Å². The van der Waals surface area contributed by atoms with Crippen molar-refractivity contribution in [2.24, 2.45) is 0 Å². The number of anilines is 1. The lowest BCUT2D eigenvalue weighted by Gasteiger charge is -2.10. The Bertz CT molecular complexity index is 1070. The summed E-state index contributed by atoms with van der Waals surface area (Å²) in [4.78, 5) is 27.1. The summed E-state index contributed by atoms with van der Waals surface area (Å²) in [7, 11) is 0. The summed E-state index contributed by atoms with van der Waals surface area (Å²) in [5.74, 6) is -0.124. The van der Waals surface area contributed by atoms with E-state index in [4.69, 9.17) is 34.8 Å². The molecule has 0 aliphatic carbocycles. The number of rotatable bonds is 4. The Hall–Kier alpha value is -2.68. The molecular formula is C16H10Cl3N5O3. The van der Waals surface area contributed by atoms with Crippen LogP contribution in [0.15, 0.2) is 36.5 Å². The predicted molar refractivity (Wildman–Crippen MR) is 102 cm³/mol. The van der Waals surface area contributed by atoms with E-state index in [1.54, 1.807) is 13.0 Å². The molecule has 0 atom stereocenters. The van der Waals surface area contributed by atoms with Crippen LogP contribution in [0.4, 0.5) is 11.5 Å². The zero-order chi connectivity index (χ0) is 19.7. The van der Waals surface area contributed by atoms with Crippen LogP contribution in [0.1, 0.15) is 16.1 Å². The maximum absolute atomic E-state index is 12.6. The normalized spacial score (nSPS) is 10.7. The van der Waals surface area contributed by atoms with Crippen molar-refractivity contribution in [2.75, 3.05) is 5.32 Å². The number of aromatic nitrogens is 3. The molecule has 0 fully saturated rings. The quantitative estimate of drug-likeness (QED) is 0.481. The van der Waals surface area contributed by atoms with Gasteiger partial charge in [0.25, 0.3) is 11.6 Å². The van der Waals surface area contributed by atoms with Crippen molar-refractivity contribution in [3.05, 3.63) is 73.0 Å². The van der Waals surface area contributed by atoms with Crippen molar-refractivity contribution in [1.29, 1.82) is 0 Å². The molecule has 3 rings (SSSR count). The Morgan fingerprint density at radius 2 is 1.93 bits per heavy atom. The second-order valence-electron chi connectivity index (χ2n) is 5.42. The number of nitro groups is 1. The Morgan fingerprint density at radius 1 is 1.19 bits per heavy atom. The fourth-order valence-corrected chi connectivity index (χ4v) is 2.96. The topological polar surface area (TPSA) is 103 Å². The van der Waals surface area contributed by atoms with Gasteiger partial charge in [-0.05, 0) is 19.1 Å². The molecule has 27 heavy (non-hydrogen) atoms. The van der Waals surface area contributed by atoms with Crippen LogP contribution in [0.5, 0.6) is 0 Å². The van der Waals surface area contributed by atoms with Gasteiger partial charge in [-0.15, -0.1) is 0 Å². The summed E-state index contributed by atoms with van der Waals surface area (Å²) >= 11 is 18.0. The minimum Gasteiger partial charge on any atom is -0.306 e. The summed E-state index contributed by atoms with van der Waals surface area (Å²) < 4.78 is 1.33. The highest BCUT2D eigenvalue weighted by molar-refractivity contribution is 6.35. The van der Waals surface area contributed by atoms with E-state index < -0.39 is 10.8 Å². The maximum atomic E-state index is 12.6. The smallest absolute Gasteiger partial charge is 0.270 e. The highest BCUT2D eigenvalue weighted by atomic mass is 35.5. The number of halogens is 3. The monoisotopic (exact) mass is 425 g/mol. The fourth-order valence-electron chi connectivity index (χ4n) is 2.30.